The Kier molecular flexibility index (Phi) is 8.62. The van der Waals surface area contributed by atoms with Crippen molar-refractivity contribution in [3.8, 4) is 23.0 Å². The van der Waals surface area contributed by atoms with Gasteiger partial charge in [-0.25, -0.2) is 0 Å². The maximum atomic E-state index is 9.75. The third kappa shape index (κ3) is 6.93. The van der Waals surface area contributed by atoms with Crippen molar-refractivity contribution in [2.75, 3.05) is 0 Å². The van der Waals surface area contributed by atoms with Crippen molar-refractivity contribution in [3.63, 3.8) is 0 Å². The van der Waals surface area contributed by atoms with Crippen LogP contribution in [0.5, 0.6) is 23.0 Å². The molecule has 170 valence electrons. The van der Waals surface area contributed by atoms with Crippen LogP contribution in [-0.4, -0.2) is 20.4 Å². The SMILES string of the molecule is Oc1ccc(Cl)c(O)c1Cc1ccccc1.Oc1cccc(O)c1CCCc1ccccc1. The van der Waals surface area contributed by atoms with Crippen molar-refractivity contribution in [1.29, 1.82) is 0 Å². The van der Waals surface area contributed by atoms with Crippen molar-refractivity contribution in [3.05, 3.63) is 118 Å². The van der Waals surface area contributed by atoms with Gasteiger partial charge in [0.1, 0.15) is 23.0 Å². The second-order valence-corrected chi connectivity index (χ2v) is 8.08. The van der Waals surface area contributed by atoms with Crippen LogP contribution in [0.15, 0.2) is 91.0 Å². The van der Waals surface area contributed by atoms with Crippen LogP contribution in [-0.2, 0) is 19.3 Å². The van der Waals surface area contributed by atoms with Crippen LogP contribution in [0.4, 0.5) is 0 Å². The van der Waals surface area contributed by atoms with Crippen molar-refractivity contribution in [2.45, 2.75) is 25.7 Å². The summed E-state index contributed by atoms with van der Waals surface area (Å²) >= 11 is 5.79. The number of hydrogen-bond donors (Lipinski definition) is 4. The number of phenols is 4. The lowest BCUT2D eigenvalue weighted by Gasteiger charge is -2.08. The molecule has 4 aromatic rings. The molecule has 0 aliphatic rings. The Bertz CT molecular complexity index is 1140. The van der Waals surface area contributed by atoms with Crippen LogP contribution < -0.4 is 0 Å². The van der Waals surface area contributed by atoms with Gasteiger partial charge in [-0.15, -0.1) is 0 Å². The van der Waals surface area contributed by atoms with Gasteiger partial charge in [0.15, 0.2) is 0 Å². The van der Waals surface area contributed by atoms with E-state index >= 15 is 0 Å². The Balaban J connectivity index is 0.000000186. The summed E-state index contributed by atoms with van der Waals surface area (Å²) in [6.07, 6.45) is 3.01. The molecule has 0 heterocycles. The number of hydrogen-bond acceptors (Lipinski definition) is 4. The van der Waals surface area contributed by atoms with E-state index in [1.165, 1.54) is 17.7 Å². The highest BCUT2D eigenvalue weighted by molar-refractivity contribution is 6.32. The van der Waals surface area contributed by atoms with Crippen LogP contribution in [0, 0.1) is 0 Å². The molecule has 4 aromatic carbocycles. The fourth-order valence-electron chi connectivity index (χ4n) is 3.50. The van der Waals surface area contributed by atoms with E-state index in [-0.39, 0.29) is 28.0 Å². The van der Waals surface area contributed by atoms with Crippen LogP contribution in [0.3, 0.4) is 0 Å². The predicted molar refractivity (Wildman–Crippen MR) is 132 cm³/mol. The summed E-state index contributed by atoms with van der Waals surface area (Å²) < 4.78 is 0. The zero-order valence-electron chi connectivity index (χ0n) is 18.2. The zero-order valence-corrected chi connectivity index (χ0v) is 18.9. The molecule has 0 saturated carbocycles. The standard InChI is InChI=1S/C15H16O2.C13H11ClO2/c16-14-10-5-11-15(17)13(14)9-4-8-12-6-2-1-3-7-12;14-11-6-7-12(15)10(13(11)16)8-9-4-2-1-3-5-9/h1-3,5-7,10-11,16-17H,4,8-9H2;1-7,15-16H,8H2. The van der Waals surface area contributed by atoms with Gasteiger partial charge in [0.25, 0.3) is 0 Å². The summed E-state index contributed by atoms with van der Waals surface area (Å²) in [5.41, 5.74) is 3.39. The Morgan fingerprint density at radius 2 is 1.06 bits per heavy atom. The van der Waals surface area contributed by atoms with Crippen LogP contribution in [0.1, 0.15) is 28.7 Å². The average molecular weight is 463 g/mol. The van der Waals surface area contributed by atoms with E-state index in [2.05, 4.69) is 12.1 Å². The topological polar surface area (TPSA) is 80.9 Å². The smallest absolute Gasteiger partial charge is 0.141 e. The molecule has 0 bridgehead atoms. The minimum atomic E-state index is -0.0504. The number of benzene rings is 4. The fraction of sp³-hybridized carbons (Fsp3) is 0.143. The lowest BCUT2D eigenvalue weighted by atomic mass is 10.0. The average Bonchev–Trinajstić information content (AvgIpc) is 2.83. The maximum Gasteiger partial charge on any atom is 0.141 e. The molecule has 0 aromatic heterocycles. The second kappa shape index (κ2) is 11.8. The lowest BCUT2D eigenvalue weighted by molar-refractivity contribution is 0.436. The van der Waals surface area contributed by atoms with Gasteiger partial charge in [0, 0.05) is 17.5 Å². The molecule has 33 heavy (non-hydrogen) atoms. The molecule has 0 fully saturated rings. The Labute approximate surface area is 199 Å². The van der Waals surface area contributed by atoms with Crippen LogP contribution in [0.25, 0.3) is 0 Å². The summed E-state index contributed by atoms with van der Waals surface area (Å²) in [6, 6.07) is 27.6. The van der Waals surface area contributed by atoms with E-state index in [0.29, 0.717) is 24.0 Å². The zero-order chi connectivity index (χ0) is 23.6. The predicted octanol–water partition coefficient (Wildman–Crippen LogP) is 6.62. The summed E-state index contributed by atoms with van der Waals surface area (Å²) in [5, 5.41) is 38.9. The molecule has 0 radical (unpaired) electrons. The molecule has 0 saturated heterocycles. The molecule has 0 aliphatic carbocycles. The van der Waals surface area contributed by atoms with Gasteiger partial charge in [-0.2, -0.15) is 0 Å². The number of aromatic hydroxyl groups is 4. The minimum absolute atomic E-state index is 0.0504. The summed E-state index contributed by atoms with van der Waals surface area (Å²) in [6.45, 7) is 0. The van der Waals surface area contributed by atoms with E-state index in [1.54, 1.807) is 18.2 Å². The molecule has 0 spiro atoms. The van der Waals surface area contributed by atoms with Gasteiger partial charge in [-0.1, -0.05) is 78.3 Å². The van der Waals surface area contributed by atoms with E-state index < -0.39 is 0 Å². The van der Waals surface area contributed by atoms with Gasteiger partial charge in [-0.3, -0.25) is 0 Å². The molecule has 4 nitrogen and oxygen atoms in total. The first kappa shape index (κ1) is 24.0. The van der Waals surface area contributed by atoms with Crippen molar-refractivity contribution in [1.82, 2.24) is 0 Å². The van der Waals surface area contributed by atoms with Gasteiger partial charge >= 0.3 is 0 Å². The maximum absolute atomic E-state index is 9.75. The van der Waals surface area contributed by atoms with Crippen LogP contribution in [0.2, 0.25) is 5.02 Å². The summed E-state index contributed by atoms with van der Waals surface area (Å²) in [7, 11) is 0. The number of phenolic OH excluding ortho intramolecular Hbond substituents is 4. The van der Waals surface area contributed by atoms with Crippen LogP contribution >= 0.6 is 11.6 Å². The monoisotopic (exact) mass is 462 g/mol. The third-order valence-electron chi connectivity index (χ3n) is 5.29. The van der Waals surface area contributed by atoms with Gasteiger partial charge in [0.2, 0.25) is 0 Å². The van der Waals surface area contributed by atoms with Gasteiger partial charge < -0.3 is 20.4 Å². The number of aryl methyl sites for hydroxylation is 1. The minimum Gasteiger partial charge on any atom is -0.508 e. The quantitative estimate of drug-likeness (QED) is 0.259. The molecule has 4 N–H and O–H groups in total. The van der Waals surface area contributed by atoms with Gasteiger partial charge in [-0.05, 0) is 54.7 Å². The number of halogens is 1. The highest BCUT2D eigenvalue weighted by Crippen LogP contribution is 2.35. The molecule has 0 unspecified atom stereocenters. The van der Waals surface area contributed by atoms with E-state index in [9.17, 15) is 20.4 Å². The van der Waals surface area contributed by atoms with E-state index in [0.717, 1.165) is 18.4 Å². The van der Waals surface area contributed by atoms with E-state index in [4.69, 9.17) is 11.6 Å². The summed E-state index contributed by atoms with van der Waals surface area (Å²) in [5.74, 6) is 0.368. The third-order valence-corrected chi connectivity index (χ3v) is 5.60. The van der Waals surface area contributed by atoms with Crippen molar-refractivity contribution < 1.29 is 20.4 Å². The molecule has 4 rings (SSSR count). The largest absolute Gasteiger partial charge is 0.508 e. The second-order valence-electron chi connectivity index (χ2n) is 7.67. The number of rotatable bonds is 6. The van der Waals surface area contributed by atoms with Crippen molar-refractivity contribution in [2.24, 2.45) is 0 Å². The Hall–Kier alpha value is -3.63. The molecule has 0 aliphatic heterocycles. The summed E-state index contributed by atoms with van der Waals surface area (Å²) in [4.78, 5) is 0. The molecular formula is C28H27ClO4. The highest BCUT2D eigenvalue weighted by atomic mass is 35.5. The fourth-order valence-corrected chi connectivity index (χ4v) is 3.68. The Morgan fingerprint density at radius 1 is 0.515 bits per heavy atom. The normalized spacial score (nSPS) is 10.3. The molecule has 5 heteroatoms. The lowest BCUT2D eigenvalue weighted by Crippen LogP contribution is -1.91. The van der Waals surface area contributed by atoms with Gasteiger partial charge in [0.05, 0.1) is 5.02 Å². The molecule has 0 amide bonds. The first-order chi connectivity index (χ1) is 16.0. The molecule has 0 atom stereocenters. The first-order valence-electron chi connectivity index (χ1n) is 10.7. The molecular weight excluding hydrogens is 436 g/mol. The highest BCUT2D eigenvalue weighted by Gasteiger charge is 2.11. The Morgan fingerprint density at radius 3 is 1.67 bits per heavy atom. The van der Waals surface area contributed by atoms with Crippen molar-refractivity contribution >= 4 is 11.6 Å². The first-order valence-corrected chi connectivity index (χ1v) is 11.1. The van der Waals surface area contributed by atoms with E-state index in [1.807, 2.05) is 48.5 Å².